The van der Waals surface area contributed by atoms with Gasteiger partial charge in [0, 0.05) is 42.5 Å². The Morgan fingerprint density at radius 1 is 0.869 bits per heavy atom. The molecule has 328 valence electrons. The molecule has 0 bridgehead atoms. The van der Waals surface area contributed by atoms with Crippen LogP contribution < -0.4 is 10.6 Å². The standard InChI is InChI=1S/C44H52F2N4O11/c1-25(2)36(47-41(56)58-4)38(53)50-24-43(22-44(45,46)23-43)19-32(50)40(55)61-21-34(52)30-15-11-28(12-16-30)27-9-13-29(14-10-27)33(51)20-60-35-17-8-26(3)37(48-42(57)59-5)39(54)49-18-6-7-31(35)49/h9-17,25-26,31-32,36-37H,6-8,18-24H2,1-5H3,(H,47,56)(H,48,57)/t26?,31-,32-,36-,37-/m0/s1. The van der Waals surface area contributed by atoms with Gasteiger partial charge in [0.1, 0.15) is 23.9 Å². The summed E-state index contributed by atoms with van der Waals surface area (Å²) < 4.78 is 48.9. The minimum atomic E-state index is -2.92. The number of alkyl carbamates (subject to hydrolysis) is 2. The number of allylic oxidation sites excluding steroid dienone is 1. The van der Waals surface area contributed by atoms with Crippen LogP contribution in [0.4, 0.5) is 18.4 Å². The van der Waals surface area contributed by atoms with Crippen molar-refractivity contribution in [3.8, 4) is 11.1 Å². The number of carbonyl (C=O) groups is 7. The average Bonchev–Trinajstić information content (AvgIpc) is 3.88. The summed E-state index contributed by atoms with van der Waals surface area (Å²) >= 11 is 0. The van der Waals surface area contributed by atoms with Crippen LogP contribution in [0, 0.1) is 17.3 Å². The lowest BCUT2D eigenvalue weighted by Gasteiger charge is -2.44. The number of nitrogens with zero attached hydrogens (tertiary/aromatic N) is 2. The molecule has 61 heavy (non-hydrogen) atoms. The summed E-state index contributed by atoms with van der Waals surface area (Å²) in [5.41, 5.74) is 1.17. The van der Waals surface area contributed by atoms with E-state index in [1.165, 1.54) is 12.0 Å². The summed E-state index contributed by atoms with van der Waals surface area (Å²) in [5, 5.41) is 5.11. The van der Waals surface area contributed by atoms with Crippen LogP contribution in [0.2, 0.25) is 0 Å². The zero-order valence-electron chi connectivity index (χ0n) is 34.9. The normalized spacial score (nSPS) is 23.1. The molecule has 1 unspecified atom stereocenters. The molecule has 6 rings (SSSR count). The van der Waals surface area contributed by atoms with Gasteiger partial charge in [-0.25, -0.2) is 23.2 Å². The smallest absolute Gasteiger partial charge is 0.407 e. The van der Waals surface area contributed by atoms with Crippen molar-refractivity contribution in [1.82, 2.24) is 20.4 Å². The van der Waals surface area contributed by atoms with Crippen LogP contribution in [0.25, 0.3) is 11.1 Å². The quantitative estimate of drug-likeness (QED) is 0.151. The molecular weight excluding hydrogens is 798 g/mol. The van der Waals surface area contributed by atoms with Crippen molar-refractivity contribution in [1.29, 1.82) is 0 Å². The van der Waals surface area contributed by atoms with E-state index >= 15 is 0 Å². The van der Waals surface area contributed by atoms with E-state index in [0.717, 1.165) is 24.7 Å². The van der Waals surface area contributed by atoms with E-state index in [0.29, 0.717) is 30.7 Å². The number of benzene rings is 2. The van der Waals surface area contributed by atoms with Crippen molar-refractivity contribution in [3.05, 3.63) is 71.5 Å². The van der Waals surface area contributed by atoms with Crippen molar-refractivity contribution >= 4 is 41.5 Å². The van der Waals surface area contributed by atoms with Crippen LogP contribution in [-0.4, -0.2) is 122 Å². The zero-order valence-corrected chi connectivity index (χ0v) is 34.9. The number of likely N-dealkylation sites (tertiary alicyclic amines) is 1. The first-order valence-electron chi connectivity index (χ1n) is 20.4. The van der Waals surface area contributed by atoms with E-state index in [2.05, 4.69) is 15.4 Å². The lowest BCUT2D eigenvalue weighted by Crippen LogP contribution is -2.55. The molecule has 4 aliphatic rings. The van der Waals surface area contributed by atoms with Gasteiger partial charge in [-0.1, -0.05) is 69.3 Å². The van der Waals surface area contributed by atoms with Gasteiger partial charge in [-0.15, -0.1) is 0 Å². The molecule has 17 heteroatoms. The van der Waals surface area contributed by atoms with E-state index in [-0.39, 0.29) is 48.8 Å². The predicted molar refractivity (Wildman–Crippen MR) is 214 cm³/mol. The Kier molecular flexibility index (Phi) is 13.5. The Morgan fingerprint density at radius 3 is 2.02 bits per heavy atom. The number of Topliss-reactive ketones (excluding diaryl/α,β-unsaturated/α-hetero) is 2. The van der Waals surface area contributed by atoms with Gasteiger partial charge in [0.25, 0.3) is 0 Å². The molecule has 2 aromatic rings. The number of halogens is 2. The Bertz CT molecular complexity index is 2050. The van der Waals surface area contributed by atoms with Crippen molar-refractivity contribution in [3.63, 3.8) is 0 Å². The Balaban J connectivity index is 1.04. The third kappa shape index (κ3) is 10.0. The lowest BCUT2D eigenvalue weighted by molar-refractivity contribution is -0.159. The first-order chi connectivity index (χ1) is 28.9. The number of rotatable bonds is 13. The number of nitrogens with one attached hydrogen (secondary N) is 2. The lowest BCUT2D eigenvalue weighted by atomic mass is 9.65. The number of carbonyl (C=O) groups excluding carboxylic acids is 7. The fraction of sp³-hybridized carbons (Fsp3) is 0.523. The molecule has 5 atom stereocenters. The second-order valence-corrected chi connectivity index (χ2v) is 16.8. The molecule has 3 fully saturated rings. The average molecular weight is 851 g/mol. The molecule has 1 saturated carbocycles. The molecule has 2 N–H and O–H groups in total. The van der Waals surface area contributed by atoms with Gasteiger partial charge >= 0.3 is 18.2 Å². The van der Waals surface area contributed by atoms with Crippen LogP contribution in [0.5, 0.6) is 0 Å². The molecule has 3 heterocycles. The Morgan fingerprint density at radius 2 is 1.46 bits per heavy atom. The number of ketones is 2. The predicted octanol–water partition coefficient (Wildman–Crippen LogP) is 5.32. The fourth-order valence-corrected chi connectivity index (χ4v) is 8.79. The number of alkyl halides is 2. The van der Waals surface area contributed by atoms with Crippen LogP contribution in [0.1, 0.15) is 80.0 Å². The number of methoxy groups -OCH3 is 2. The zero-order chi connectivity index (χ0) is 44.2. The second-order valence-electron chi connectivity index (χ2n) is 16.8. The highest BCUT2D eigenvalue weighted by Gasteiger charge is 2.63. The molecule has 15 nitrogen and oxygen atoms in total. The summed E-state index contributed by atoms with van der Waals surface area (Å²) in [6, 6.07) is 10.0. The van der Waals surface area contributed by atoms with Crippen molar-refractivity contribution < 1.29 is 61.3 Å². The largest absolute Gasteiger partial charge is 0.488 e. The molecule has 2 aromatic carbocycles. The van der Waals surface area contributed by atoms with E-state index in [4.69, 9.17) is 14.2 Å². The van der Waals surface area contributed by atoms with E-state index < -0.39 is 84.7 Å². The first-order valence-corrected chi connectivity index (χ1v) is 20.4. The van der Waals surface area contributed by atoms with Crippen molar-refractivity contribution in [2.45, 2.75) is 89.4 Å². The fourth-order valence-electron chi connectivity index (χ4n) is 8.79. The number of amides is 4. The van der Waals surface area contributed by atoms with Gasteiger partial charge in [0.15, 0.2) is 24.8 Å². The van der Waals surface area contributed by atoms with Crippen molar-refractivity contribution in [2.24, 2.45) is 17.3 Å². The summed E-state index contributed by atoms with van der Waals surface area (Å²) in [7, 11) is 2.39. The number of fused-ring (bicyclic) bond motifs is 1. The van der Waals surface area contributed by atoms with Gasteiger partial charge in [0.2, 0.25) is 17.7 Å². The molecule has 4 amide bonds. The minimum absolute atomic E-state index is 0.0609. The maximum absolute atomic E-state index is 14.0. The monoisotopic (exact) mass is 850 g/mol. The van der Waals surface area contributed by atoms with E-state index in [9.17, 15) is 42.3 Å². The molecule has 0 radical (unpaired) electrons. The highest BCUT2D eigenvalue weighted by Crippen LogP contribution is 2.58. The number of esters is 1. The van der Waals surface area contributed by atoms with Crippen LogP contribution >= 0.6 is 0 Å². The van der Waals surface area contributed by atoms with Crippen LogP contribution in [0.15, 0.2) is 60.4 Å². The summed E-state index contributed by atoms with van der Waals surface area (Å²) in [4.78, 5) is 93.6. The number of hydrogen-bond acceptors (Lipinski definition) is 11. The topological polar surface area (TPSA) is 187 Å². The molecule has 3 aliphatic heterocycles. The highest BCUT2D eigenvalue weighted by atomic mass is 19.3. The molecule has 0 aromatic heterocycles. The third-order valence-corrected chi connectivity index (χ3v) is 12.0. The first kappa shape index (κ1) is 44.7. The van der Waals surface area contributed by atoms with Gasteiger partial charge in [-0.2, -0.15) is 0 Å². The van der Waals surface area contributed by atoms with Gasteiger partial charge < -0.3 is 39.4 Å². The maximum Gasteiger partial charge on any atom is 0.407 e. The third-order valence-electron chi connectivity index (χ3n) is 12.0. The number of ether oxygens (including phenoxy) is 4. The molecule has 2 saturated heterocycles. The minimum Gasteiger partial charge on any atom is -0.488 e. The van der Waals surface area contributed by atoms with Gasteiger partial charge in [-0.3, -0.25) is 19.2 Å². The molecular formula is C44H52F2N4O11. The summed E-state index contributed by atoms with van der Waals surface area (Å²) in [6.07, 6.45) is 1.17. The SMILES string of the molecule is COC(=O)N[C@H](C(=O)N1CC2(C[C@H]1C(=O)OCC(=O)c1ccc(-c3ccc(C(=O)COC4=CCC(C)[C@H](NC(=O)OC)C(=O)N5CCC[C@@H]45)cc3)cc1)CC(F)(F)C2)C(C)C. The summed E-state index contributed by atoms with van der Waals surface area (Å²) in [6.45, 7) is 4.73. The van der Waals surface area contributed by atoms with Gasteiger partial charge in [0.05, 0.1) is 20.3 Å². The van der Waals surface area contributed by atoms with E-state index in [1.54, 1.807) is 67.3 Å². The Labute approximate surface area is 352 Å². The molecule has 1 aliphatic carbocycles. The molecule has 1 spiro atoms. The maximum atomic E-state index is 14.0. The van der Waals surface area contributed by atoms with Gasteiger partial charge in [-0.05, 0) is 54.7 Å². The highest BCUT2D eigenvalue weighted by molar-refractivity contribution is 5.99. The Hall–Kier alpha value is -5.87. The van der Waals surface area contributed by atoms with Crippen LogP contribution in [0.3, 0.4) is 0 Å². The number of hydrogen-bond donors (Lipinski definition) is 2. The van der Waals surface area contributed by atoms with Crippen LogP contribution in [-0.2, 0) is 33.3 Å². The van der Waals surface area contributed by atoms with Crippen molar-refractivity contribution in [2.75, 3.05) is 40.5 Å². The second kappa shape index (κ2) is 18.4. The van der Waals surface area contributed by atoms with E-state index in [1.807, 2.05) is 13.0 Å². The summed E-state index contributed by atoms with van der Waals surface area (Å²) in [5.74, 6) is -5.56.